The van der Waals surface area contributed by atoms with Crippen LogP contribution in [0.4, 0.5) is 4.39 Å². The lowest BCUT2D eigenvalue weighted by atomic mass is 10.2. The molecule has 0 aliphatic rings. The van der Waals surface area contributed by atoms with Crippen LogP contribution in [0.2, 0.25) is 0 Å². The maximum atomic E-state index is 13.2. The lowest BCUT2D eigenvalue weighted by Crippen LogP contribution is -2.31. The molecule has 0 radical (unpaired) electrons. The van der Waals surface area contributed by atoms with E-state index in [1.807, 2.05) is 6.92 Å². The molecule has 0 saturated heterocycles. The van der Waals surface area contributed by atoms with Crippen LogP contribution < -0.4 is 10.0 Å². The summed E-state index contributed by atoms with van der Waals surface area (Å²) in [7, 11) is -3.67. The van der Waals surface area contributed by atoms with E-state index in [0.717, 1.165) is 6.07 Å². The summed E-state index contributed by atoms with van der Waals surface area (Å²) in [6, 6.07) is 3.58. The summed E-state index contributed by atoms with van der Waals surface area (Å²) in [6.45, 7) is 6.48. The molecule has 18 heavy (non-hydrogen) atoms. The van der Waals surface area contributed by atoms with Gasteiger partial charge in [0.05, 0.1) is 4.90 Å². The Bertz CT molecular complexity index is 501. The van der Waals surface area contributed by atoms with Crippen LogP contribution in [0.15, 0.2) is 23.1 Å². The summed E-state index contributed by atoms with van der Waals surface area (Å²) < 4.78 is 39.8. The van der Waals surface area contributed by atoms with Crippen LogP contribution in [0, 0.1) is 5.82 Å². The van der Waals surface area contributed by atoms with E-state index in [1.165, 1.54) is 12.1 Å². The zero-order chi connectivity index (χ0) is 13.8. The van der Waals surface area contributed by atoms with Gasteiger partial charge < -0.3 is 5.32 Å². The van der Waals surface area contributed by atoms with Crippen LogP contribution in [0.3, 0.4) is 0 Å². The Kier molecular flexibility index (Phi) is 5.25. The number of benzene rings is 1. The van der Waals surface area contributed by atoms with Gasteiger partial charge in [0.15, 0.2) is 0 Å². The molecule has 4 nitrogen and oxygen atoms in total. The first-order chi connectivity index (χ1) is 8.36. The molecule has 1 aromatic rings. The van der Waals surface area contributed by atoms with Crippen LogP contribution in [0.1, 0.15) is 26.3 Å². The van der Waals surface area contributed by atoms with Crippen molar-refractivity contribution >= 4 is 10.0 Å². The SMILES string of the molecule is CCNCc1ccc(F)cc1S(=O)(=O)NC(C)C. The van der Waals surface area contributed by atoms with Gasteiger partial charge in [0.2, 0.25) is 10.0 Å². The Morgan fingerprint density at radius 1 is 1.33 bits per heavy atom. The highest BCUT2D eigenvalue weighted by atomic mass is 32.2. The van der Waals surface area contributed by atoms with Gasteiger partial charge in [0.25, 0.3) is 0 Å². The molecule has 0 aromatic heterocycles. The Hall–Kier alpha value is -0.980. The third-order valence-corrected chi connectivity index (χ3v) is 4.02. The number of halogens is 1. The predicted octanol–water partition coefficient (Wildman–Crippen LogP) is 1.62. The van der Waals surface area contributed by atoms with Gasteiger partial charge in [-0.15, -0.1) is 0 Å². The molecule has 102 valence electrons. The highest BCUT2D eigenvalue weighted by Gasteiger charge is 2.19. The van der Waals surface area contributed by atoms with Gasteiger partial charge >= 0.3 is 0 Å². The standard InChI is InChI=1S/C12H19FN2O2S/c1-4-14-8-10-5-6-11(13)7-12(10)18(16,17)15-9(2)3/h5-7,9,14-15H,4,8H2,1-3H3. The molecule has 0 bridgehead atoms. The normalized spacial score (nSPS) is 12.1. The molecule has 0 fully saturated rings. The maximum absolute atomic E-state index is 13.2. The fourth-order valence-corrected chi connectivity index (χ4v) is 3.06. The highest BCUT2D eigenvalue weighted by molar-refractivity contribution is 7.89. The predicted molar refractivity (Wildman–Crippen MR) is 69.2 cm³/mol. The van der Waals surface area contributed by atoms with E-state index < -0.39 is 15.8 Å². The number of sulfonamides is 1. The minimum absolute atomic E-state index is 0.00264. The molecule has 0 unspecified atom stereocenters. The number of hydrogen-bond acceptors (Lipinski definition) is 3. The van der Waals surface area contributed by atoms with Crippen LogP contribution in [-0.2, 0) is 16.6 Å². The molecule has 0 spiro atoms. The van der Waals surface area contributed by atoms with E-state index in [-0.39, 0.29) is 10.9 Å². The third-order valence-electron chi connectivity index (χ3n) is 2.28. The second-order valence-electron chi connectivity index (χ2n) is 4.31. The molecule has 1 rings (SSSR count). The minimum Gasteiger partial charge on any atom is -0.313 e. The first-order valence-electron chi connectivity index (χ1n) is 5.88. The Balaban J connectivity index is 3.16. The second-order valence-corrected chi connectivity index (χ2v) is 5.99. The van der Waals surface area contributed by atoms with Crippen molar-refractivity contribution in [2.24, 2.45) is 0 Å². The topological polar surface area (TPSA) is 58.2 Å². The summed E-state index contributed by atoms with van der Waals surface area (Å²) in [5.41, 5.74) is 0.561. The van der Waals surface area contributed by atoms with Gasteiger partial charge in [0.1, 0.15) is 5.82 Å². The van der Waals surface area contributed by atoms with Crippen molar-refractivity contribution in [3.05, 3.63) is 29.6 Å². The van der Waals surface area contributed by atoms with Crippen molar-refractivity contribution in [3.63, 3.8) is 0 Å². The van der Waals surface area contributed by atoms with E-state index in [4.69, 9.17) is 0 Å². The van der Waals surface area contributed by atoms with Crippen molar-refractivity contribution in [1.82, 2.24) is 10.0 Å². The summed E-state index contributed by atoms with van der Waals surface area (Å²) >= 11 is 0. The van der Waals surface area contributed by atoms with E-state index >= 15 is 0 Å². The Morgan fingerprint density at radius 2 is 2.00 bits per heavy atom. The molecule has 0 heterocycles. The van der Waals surface area contributed by atoms with Crippen molar-refractivity contribution in [1.29, 1.82) is 0 Å². The zero-order valence-corrected chi connectivity index (χ0v) is 11.6. The van der Waals surface area contributed by atoms with Crippen LogP contribution in [0.5, 0.6) is 0 Å². The highest BCUT2D eigenvalue weighted by Crippen LogP contribution is 2.17. The fourth-order valence-electron chi connectivity index (χ4n) is 1.56. The number of hydrogen-bond donors (Lipinski definition) is 2. The molecular weight excluding hydrogens is 255 g/mol. The lowest BCUT2D eigenvalue weighted by molar-refractivity contribution is 0.563. The summed E-state index contributed by atoms with van der Waals surface area (Å²) in [5, 5.41) is 3.04. The molecule has 6 heteroatoms. The van der Waals surface area contributed by atoms with E-state index in [1.54, 1.807) is 13.8 Å². The number of nitrogens with one attached hydrogen (secondary N) is 2. The molecule has 0 saturated carbocycles. The maximum Gasteiger partial charge on any atom is 0.241 e. The molecule has 0 aliphatic heterocycles. The average molecular weight is 274 g/mol. The van der Waals surface area contributed by atoms with E-state index in [2.05, 4.69) is 10.0 Å². The van der Waals surface area contributed by atoms with Crippen molar-refractivity contribution in [3.8, 4) is 0 Å². The fraction of sp³-hybridized carbons (Fsp3) is 0.500. The van der Waals surface area contributed by atoms with Gasteiger partial charge in [-0.1, -0.05) is 13.0 Å². The van der Waals surface area contributed by atoms with E-state index in [9.17, 15) is 12.8 Å². The van der Waals surface area contributed by atoms with Crippen LogP contribution >= 0.6 is 0 Å². The monoisotopic (exact) mass is 274 g/mol. The Morgan fingerprint density at radius 3 is 2.56 bits per heavy atom. The summed E-state index contributed by atoms with van der Waals surface area (Å²) in [5.74, 6) is -0.556. The van der Waals surface area contributed by atoms with Crippen LogP contribution in [0.25, 0.3) is 0 Å². The largest absolute Gasteiger partial charge is 0.313 e. The molecule has 0 atom stereocenters. The number of rotatable bonds is 6. The quantitative estimate of drug-likeness (QED) is 0.829. The van der Waals surface area contributed by atoms with Crippen LogP contribution in [-0.4, -0.2) is 21.0 Å². The van der Waals surface area contributed by atoms with Gasteiger partial charge in [-0.05, 0) is 38.1 Å². The lowest BCUT2D eigenvalue weighted by Gasteiger charge is -2.13. The van der Waals surface area contributed by atoms with Gasteiger partial charge in [-0.2, -0.15) is 0 Å². The smallest absolute Gasteiger partial charge is 0.241 e. The van der Waals surface area contributed by atoms with Gasteiger partial charge in [0, 0.05) is 12.6 Å². The summed E-state index contributed by atoms with van der Waals surface area (Å²) in [4.78, 5) is -0.00264. The minimum atomic E-state index is -3.67. The van der Waals surface area contributed by atoms with E-state index in [0.29, 0.717) is 18.7 Å². The Labute approximate surface area is 108 Å². The van der Waals surface area contributed by atoms with Gasteiger partial charge in [-0.25, -0.2) is 17.5 Å². The van der Waals surface area contributed by atoms with Crippen molar-refractivity contribution < 1.29 is 12.8 Å². The molecular formula is C12H19FN2O2S. The van der Waals surface area contributed by atoms with Crippen molar-refractivity contribution in [2.45, 2.75) is 38.3 Å². The second kappa shape index (κ2) is 6.26. The average Bonchev–Trinajstić information content (AvgIpc) is 2.25. The zero-order valence-electron chi connectivity index (χ0n) is 10.8. The third kappa shape index (κ3) is 4.04. The van der Waals surface area contributed by atoms with Gasteiger partial charge in [-0.3, -0.25) is 0 Å². The molecule has 2 N–H and O–H groups in total. The first-order valence-corrected chi connectivity index (χ1v) is 7.36. The molecule has 1 aromatic carbocycles. The molecule has 0 aliphatic carbocycles. The molecule has 0 amide bonds. The van der Waals surface area contributed by atoms with Crippen molar-refractivity contribution in [2.75, 3.05) is 6.54 Å². The first kappa shape index (κ1) is 15.1. The summed E-state index contributed by atoms with van der Waals surface area (Å²) in [6.07, 6.45) is 0.